The van der Waals surface area contributed by atoms with Gasteiger partial charge in [0.1, 0.15) is 6.54 Å². The van der Waals surface area contributed by atoms with Gasteiger partial charge in [0.25, 0.3) is 5.91 Å². The quantitative estimate of drug-likeness (QED) is 0.440. The second-order valence-corrected chi connectivity index (χ2v) is 7.94. The molecule has 4 rings (SSSR count). The molecule has 0 radical (unpaired) electrons. The van der Waals surface area contributed by atoms with Crippen LogP contribution in [0.1, 0.15) is 31.4 Å². The van der Waals surface area contributed by atoms with E-state index in [1.54, 1.807) is 0 Å². The predicted molar refractivity (Wildman–Crippen MR) is 114 cm³/mol. The van der Waals surface area contributed by atoms with E-state index in [9.17, 15) is 19.2 Å². The second-order valence-electron chi connectivity index (χ2n) is 7.94. The molecule has 1 aliphatic carbocycles. The highest BCUT2D eigenvalue weighted by Gasteiger charge is 2.47. The molecule has 7 heteroatoms. The van der Waals surface area contributed by atoms with E-state index in [2.05, 4.69) is 5.32 Å². The van der Waals surface area contributed by atoms with E-state index in [1.165, 1.54) is 0 Å². The first-order valence-electron chi connectivity index (χ1n) is 10.4. The lowest BCUT2D eigenvalue weighted by atomic mass is 9.85. The van der Waals surface area contributed by atoms with Crippen molar-refractivity contribution in [2.75, 3.05) is 13.2 Å². The first-order valence-corrected chi connectivity index (χ1v) is 10.4. The van der Waals surface area contributed by atoms with Crippen LogP contribution in [0.4, 0.5) is 0 Å². The van der Waals surface area contributed by atoms with Crippen LogP contribution in [0.5, 0.6) is 0 Å². The molecule has 0 unspecified atom stereocenters. The minimum atomic E-state index is -0.777. The maximum absolute atomic E-state index is 12.4. The zero-order chi connectivity index (χ0) is 22.0. The Kier molecular flexibility index (Phi) is 5.84. The third-order valence-electron chi connectivity index (χ3n) is 5.92. The molecule has 0 spiro atoms. The molecule has 3 atom stereocenters. The third kappa shape index (κ3) is 4.21. The number of benzene rings is 2. The minimum absolute atomic E-state index is 0.283. The van der Waals surface area contributed by atoms with Crippen molar-refractivity contribution < 1.29 is 23.9 Å². The topological polar surface area (TPSA) is 92.8 Å². The van der Waals surface area contributed by atoms with E-state index >= 15 is 0 Å². The molecule has 3 amide bonds. The Morgan fingerprint density at radius 1 is 1.03 bits per heavy atom. The van der Waals surface area contributed by atoms with Crippen molar-refractivity contribution in [2.45, 2.75) is 25.8 Å². The molecule has 2 aliphatic rings. The van der Waals surface area contributed by atoms with Crippen LogP contribution in [0, 0.1) is 11.8 Å². The van der Waals surface area contributed by atoms with Crippen molar-refractivity contribution in [3.05, 3.63) is 60.2 Å². The van der Waals surface area contributed by atoms with Crippen molar-refractivity contribution in [1.29, 1.82) is 0 Å². The molecule has 0 aromatic heterocycles. The van der Waals surface area contributed by atoms with E-state index < -0.39 is 36.9 Å². The van der Waals surface area contributed by atoms with E-state index in [0.29, 0.717) is 12.8 Å². The van der Waals surface area contributed by atoms with Crippen LogP contribution in [0.15, 0.2) is 54.6 Å². The molecule has 7 nitrogen and oxygen atoms in total. The summed E-state index contributed by atoms with van der Waals surface area (Å²) in [6, 6.07) is 13.5. The molecule has 31 heavy (non-hydrogen) atoms. The zero-order valence-electron chi connectivity index (χ0n) is 17.2. The Hall–Kier alpha value is -3.48. The Morgan fingerprint density at radius 2 is 1.68 bits per heavy atom. The van der Waals surface area contributed by atoms with Crippen molar-refractivity contribution in [2.24, 2.45) is 11.8 Å². The maximum atomic E-state index is 12.4. The van der Waals surface area contributed by atoms with Gasteiger partial charge in [0.2, 0.25) is 11.8 Å². The maximum Gasteiger partial charge on any atom is 0.326 e. The molecule has 0 saturated carbocycles. The highest BCUT2D eigenvalue weighted by molar-refractivity contribution is 6.07. The Bertz CT molecular complexity index is 1050. The van der Waals surface area contributed by atoms with Crippen LogP contribution in [-0.4, -0.2) is 41.7 Å². The van der Waals surface area contributed by atoms with Gasteiger partial charge in [0.15, 0.2) is 6.61 Å². The van der Waals surface area contributed by atoms with Gasteiger partial charge in [-0.2, -0.15) is 0 Å². The van der Waals surface area contributed by atoms with Gasteiger partial charge >= 0.3 is 5.97 Å². The number of rotatable bonds is 6. The number of likely N-dealkylation sites (tertiary alicyclic amines) is 1. The summed E-state index contributed by atoms with van der Waals surface area (Å²) in [6.45, 7) is 0.925. The number of nitrogens with zero attached hydrogens (tertiary/aromatic N) is 1. The van der Waals surface area contributed by atoms with Gasteiger partial charge in [-0.05, 0) is 36.1 Å². The fourth-order valence-corrected chi connectivity index (χ4v) is 4.33. The highest BCUT2D eigenvalue weighted by Crippen LogP contribution is 2.34. The van der Waals surface area contributed by atoms with Crippen molar-refractivity contribution >= 4 is 34.5 Å². The van der Waals surface area contributed by atoms with Crippen LogP contribution in [0.3, 0.4) is 0 Å². The van der Waals surface area contributed by atoms with Crippen LogP contribution >= 0.6 is 0 Å². The van der Waals surface area contributed by atoms with Crippen LogP contribution in [-0.2, 0) is 23.9 Å². The molecule has 1 heterocycles. The highest BCUT2D eigenvalue weighted by atomic mass is 16.5. The average Bonchev–Trinajstić information content (AvgIpc) is 3.02. The van der Waals surface area contributed by atoms with Gasteiger partial charge in [0, 0.05) is 0 Å². The normalized spacial score (nSPS) is 21.1. The second kappa shape index (κ2) is 8.71. The lowest BCUT2D eigenvalue weighted by molar-refractivity contribution is -0.155. The summed E-state index contributed by atoms with van der Waals surface area (Å²) in [5.41, 5.74) is 0.960. The summed E-state index contributed by atoms with van der Waals surface area (Å²) in [5.74, 6) is -2.70. The molecule has 2 aromatic rings. The average molecular weight is 420 g/mol. The number of esters is 1. The zero-order valence-corrected chi connectivity index (χ0v) is 17.2. The molecule has 2 aromatic carbocycles. The number of allylic oxidation sites excluding steroid dienone is 2. The standard InChI is InChI=1S/C24H24N2O5/c1-15(17-12-6-8-16-7-2-3-9-18(16)17)25-21(27)14-31-22(28)13-26-23(29)19-10-4-5-11-20(19)24(26)30/h2-9,12,15,19-20H,10-11,13-14H2,1H3,(H,25,27)/t15-,19-,20+/m1/s1. The van der Waals surface area contributed by atoms with Crippen molar-refractivity contribution in [1.82, 2.24) is 10.2 Å². The SMILES string of the molecule is C[C@@H](NC(=O)COC(=O)CN1C(=O)[C@H]2CC=CC[C@H]2C1=O)c1cccc2ccccc12. The largest absolute Gasteiger partial charge is 0.454 e. The third-order valence-corrected chi connectivity index (χ3v) is 5.92. The Balaban J connectivity index is 1.30. The summed E-state index contributed by atoms with van der Waals surface area (Å²) < 4.78 is 5.03. The number of carbonyl (C=O) groups is 4. The molecule has 160 valence electrons. The van der Waals surface area contributed by atoms with Crippen LogP contribution in [0.25, 0.3) is 10.8 Å². The van der Waals surface area contributed by atoms with E-state index in [4.69, 9.17) is 4.74 Å². The van der Waals surface area contributed by atoms with Crippen molar-refractivity contribution in [3.8, 4) is 0 Å². The summed E-state index contributed by atoms with van der Waals surface area (Å²) in [7, 11) is 0. The molecule has 1 fully saturated rings. The number of ether oxygens (including phenoxy) is 1. The van der Waals surface area contributed by atoms with Gasteiger partial charge in [-0.1, -0.05) is 54.6 Å². The molecule has 0 bridgehead atoms. The fourth-order valence-electron chi connectivity index (χ4n) is 4.33. The number of imide groups is 1. The molecule has 1 saturated heterocycles. The van der Waals surface area contributed by atoms with Gasteiger partial charge in [-0.3, -0.25) is 24.1 Å². The van der Waals surface area contributed by atoms with Gasteiger partial charge in [0.05, 0.1) is 17.9 Å². The monoisotopic (exact) mass is 420 g/mol. The van der Waals surface area contributed by atoms with Gasteiger partial charge in [-0.15, -0.1) is 0 Å². The lowest BCUT2D eigenvalue weighted by Crippen LogP contribution is -2.38. The number of nitrogens with one attached hydrogen (secondary N) is 1. The number of hydrogen-bond donors (Lipinski definition) is 1. The molecular weight excluding hydrogens is 396 g/mol. The number of fused-ring (bicyclic) bond motifs is 2. The lowest BCUT2D eigenvalue weighted by Gasteiger charge is -2.17. The Labute approximate surface area is 180 Å². The Morgan fingerprint density at radius 3 is 2.39 bits per heavy atom. The summed E-state index contributed by atoms with van der Waals surface area (Å²) in [6.07, 6.45) is 4.79. The fraction of sp³-hybridized carbons (Fsp3) is 0.333. The van der Waals surface area contributed by atoms with Gasteiger partial charge < -0.3 is 10.1 Å². The van der Waals surface area contributed by atoms with E-state index in [-0.39, 0.29) is 17.9 Å². The van der Waals surface area contributed by atoms with Crippen molar-refractivity contribution in [3.63, 3.8) is 0 Å². The number of amides is 3. The first-order chi connectivity index (χ1) is 15.0. The smallest absolute Gasteiger partial charge is 0.326 e. The number of carbonyl (C=O) groups excluding carboxylic acids is 4. The first kappa shape index (κ1) is 20.8. The molecule has 1 N–H and O–H groups in total. The van der Waals surface area contributed by atoms with Crippen LogP contribution in [0.2, 0.25) is 0 Å². The predicted octanol–water partition coefficient (Wildman–Crippen LogP) is 2.51. The number of hydrogen-bond acceptors (Lipinski definition) is 5. The van der Waals surface area contributed by atoms with E-state index in [1.807, 2.05) is 61.5 Å². The summed E-state index contributed by atoms with van der Waals surface area (Å²) in [4.78, 5) is 50.3. The minimum Gasteiger partial charge on any atom is -0.454 e. The van der Waals surface area contributed by atoms with Gasteiger partial charge in [-0.25, -0.2) is 0 Å². The van der Waals surface area contributed by atoms with E-state index in [0.717, 1.165) is 21.2 Å². The molecular formula is C24H24N2O5. The summed E-state index contributed by atoms with van der Waals surface area (Å²) >= 11 is 0. The molecule has 1 aliphatic heterocycles. The van der Waals surface area contributed by atoms with Crippen LogP contribution < -0.4 is 5.32 Å². The summed E-state index contributed by atoms with van der Waals surface area (Å²) in [5, 5.41) is 4.93.